The molecule has 46 heavy (non-hydrogen) atoms. The first kappa shape index (κ1) is 32.2. The molecule has 0 fully saturated rings. The van der Waals surface area contributed by atoms with E-state index in [1.54, 1.807) is 66.7 Å². The number of hydrogen-bond donors (Lipinski definition) is 2. The maximum absolute atomic E-state index is 14.4. The van der Waals surface area contributed by atoms with Crippen molar-refractivity contribution < 1.29 is 27.8 Å². The van der Waals surface area contributed by atoms with Gasteiger partial charge in [-0.15, -0.1) is 0 Å². The minimum atomic E-state index is -3.83. The number of sulfone groups is 1. The summed E-state index contributed by atoms with van der Waals surface area (Å²) in [7, 11) is -3.83. The van der Waals surface area contributed by atoms with Gasteiger partial charge in [0.1, 0.15) is 5.75 Å². The van der Waals surface area contributed by atoms with Gasteiger partial charge in [0.05, 0.1) is 17.3 Å². The fraction of sp³-hybridized carbons (Fsp3) is 0.235. The summed E-state index contributed by atoms with van der Waals surface area (Å²) in [4.78, 5) is 22.3. The van der Waals surface area contributed by atoms with Crippen LogP contribution in [0.4, 0.5) is 5.69 Å². The number of aliphatic imine (C=N–C) groups is 1. The number of carbonyl (C=O) groups excluding carboxylic acids is 1. The molecular weight excluding hydrogens is 606 g/mol. The Labute approximate surface area is 267 Å². The molecule has 4 aromatic carbocycles. The molecule has 0 radical (unpaired) electrons. The van der Waals surface area contributed by atoms with Crippen LogP contribution in [0.15, 0.2) is 124 Å². The Morgan fingerprint density at radius 1 is 0.978 bits per heavy atom. The Morgan fingerprint density at radius 2 is 1.65 bits per heavy atom. The van der Waals surface area contributed by atoms with Crippen LogP contribution in [-0.4, -0.2) is 49.8 Å². The quantitative estimate of drug-likeness (QED) is 0.0763. The summed E-state index contributed by atoms with van der Waals surface area (Å²) in [6.07, 6.45) is -0.881. The predicted molar refractivity (Wildman–Crippen MR) is 173 cm³/mol. The Morgan fingerprint density at radius 3 is 2.35 bits per heavy atom. The fourth-order valence-electron chi connectivity index (χ4n) is 5.16. The predicted octanol–water partition coefficient (Wildman–Crippen LogP) is 5.83. The fourth-order valence-corrected chi connectivity index (χ4v) is 6.55. The van der Waals surface area contributed by atoms with Gasteiger partial charge in [0.15, 0.2) is 21.5 Å². The number of benzene rings is 4. The van der Waals surface area contributed by atoms with Crippen molar-refractivity contribution in [2.24, 2.45) is 10.1 Å². The monoisotopic (exact) mass is 639 g/mol. The van der Waals surface area contributed by atoms with Gasteiger partial charge >= 0.3 is 0 Å². The average molecular weight is 640 g/mol. The van der Waals surface area contributed by atoms with Crippen molar-refractivity contribution in [3.63, 3.8) is 0 Å². The zero-order chi connectivity index (χ0) is 32.4. The van der Waals surface area contributed by atoms with Crippen molar-refractivity contribution in [2.75, 3.05) is 19.0 Å². The lowest BCUT2D eigenvalue weighted by atomic mass is 9.84. The van der Waals surface area contributed by atoms with Crippen molar-refractivity contribution in [1.82, 2.24) is 5.32 Å². The molecular formula is C34H33N5O6S. The Balaban J connectivity index is 1.59. The summed E-state index contributed by atoms with van der Waals surface area (Å²) < 4.78 is 39.2. The SMILES string of the molecule is [N-]=[N+]=Nc1ccccc1[C@@H]1OC(c2ccc(OCCCO)cc2)=N[C@]1(CCS(=O)(=O)c1ccccc1)C(=O)NCc1ccccc1. The smallest absolute Gasteiger partial charge is 0.252 e. The molecule has 0 aromatic heterocycles. The lowest BCUT2D eigenvalue weighted by Gasteiger charge is -2.31. The second-order valence-electron chi connectivity index (χ2n) is 10.6. The molecule has 2 atom stereocenters. The van der Waals surface area contributed by atoms with E-state index in [1.807, 2.05) is 30.3 Å². The van der Waals surface area contributed by atoms with Crippen molar-refractivity contribution in [1.29, 1.82) is 0 Å². The minimum Gasteiger partial charge on any atom is -0.494 e. The molecule has 0 aliphatic carbocycles. The van der Waals surface area contributed by atoms with E-state index in [0.717, 1.165) is 5.56 Å². The minimum absolute atomic E-state index is 0.00977. The van der Waals surface area contributed by atoms with Gasteiger partial charge in [-0.25, -0.2) is 13.4 Å². The summed E-state index contributed by atoms with van der Waals surface area (Å²) in [6, 6.07) is 30.9. The third-order valence-electron chi connectivity index (χ3n) is 7.55. The summed E-state index contributed by atoms with van der Waals surface area (Å²) in [5.41, 5.74) is 9.53. The molecule has 0 unspecified atom stereocenters. The van der Waals surface area contributed by atoms with E-state index in [4.69, 9.17) is 19.6 Å². The standard InChI is InChI=1S/C34H33N5O6S/c35-39-38-30-15-8-7-14-29(30)31-34(33(41)36-24-25-10-3-1-4-11-25,20-23-46(42,43)28-12-5-2-6-13-28)37-32(45-31)26-16-18-27(19-17-26)44-22-9-21-40/h1-8,10-19,31,40H,9,20-24H2,(H,36,41)/t31-,34-/m0/s1. The second kappa shape index (κ2) is 14.7. The van der Waals surface area contributed by atoms with Crippen molar-refractivity contribution in [3.8, 4) is 5.75 Å². The van der Waals surface area contributed by atoms with Gasteiger partial charge in [0, 0.05) is 47.7 Å². The molecule has 1 heterocycles. The molecule has 5 rings (SSSR count). The molecule has 0 bridgehead atoms. The van der Waals surface area contributed by atoms with Crippen molar-refractivity contribution >= 4 is 27.3 Å². The number of carbonyl (C=O) groups is 1. The van der Waals surface area contributed by atoms with Crippen LogP contribution >= 0.6 is 0 Å². The zero-order valence-electron chi connectivity index (χ0n) is 24.9. The maximum Gasteiger partial charge on any atom is 0.252 e. The van der Waals surface area contributed by atoms with Gasteiger partial charge in [0.2, 0.25) is 5.90 Å². The lowest BCUT2D eigenvalue weighted by molar-refractivity contribution is -0.129. The topological polar surface area (TPSA) is 163 Å². The highest BCUT2D eigenvalue weighted by Crippen LogP contribution is 2.46. The van der Waals surface area contributed by atoms with E-state index in [-0.39, 0.29) is 36.1 Å². The van der Waals surface area contributed by atoms with Crippen LogP contribution in [0.1, 0.15) is 35.6 Å². The Kier molecular flexibility index (Phi) is 10.3. The molecule has 11 nitrogen and oxygen atoms in total. The molecule has 0 saturated carbocycles. The summed E-state index contributed by atoms with van der Waals surface area (Å²) in [5, 5.41) is 15.8. The maximum atomic E-state index is 14.4. The number of amides is 1. The van der Waals surface area contributed by atoms with E-state index >= 15 is 0 Å². The number of aliphatic hydroxyl groups excluding tert-OH is 1. The number of nitrogens with one attached hydrogen (secondary N) is 1. The third-order valence-corrected chi connectivity index (χ3v) is 9.28. The van der Waals surface area contributed by atoms with Crippen molar-refractivity contribution in [3.05, 3.63) is 136 Å². The highest BCUT2D eigenvalue weighted by atomic mass is 32.2. The van der Waals surface area contributed by atoms with Crippen LogP contribution in [0.2, 0.25) is 0 Å². The summed E-state index contributed by atoms with van der Waals surface area (Å²) >= 11 is 0. The highest BCUT2D eigenvalue weighted by molar-refractivity contribution is 7.91. The number of rotatable bonds is 14. The molecule has 1 amide bonds. The van der Waals surface area contributed by atoms with Crippen LogP contribution < -0.4 is 10.1 Å². The highest BCUT2D eigenvalue weighted by Gasteiger charge is 2.54. The third kappa shape index (κ3) is 7.37. The molecule has 4 aromatic rings. The van der Waals surface area contributed by atoms with Gasteiger partial charge in [0.25, 0.3) is 5.91 Å². The number of nitrogens with zero attached hydrogens (tertiary/aromatic N) is 4. The summed E-state index contributed by atoms with van der Waals surface area (Å²) in [6.45, 7) is 0.518. The first-order chi connectivity index (χ1) is 22.4. The number of hydrogen-bond acceptors (Lipinski definition) is 8. The lowest BCUT2D eigenvalue weighted by Crippen LogP contribution is -2.49. The van der Waals surface area contributed by atoms with Gasteiger partial charge in [-0.05, 0) is 47.5 Å². The largest absolute Gasteiger partial charge is 0.494 e. The Hall–Kier alpha value is -5.16. The van der Waals surface area contributed by atoms with Crippen LogP contribution in [0.5, 0.6) is 5.75 Å². The zero-order valence-corrected chi connectivity index (χ0v) is 25.7. The molecule has 0 saturated heterocycles. The number of azide groups is 1. The number of ether oxygens (including phenoxy) is 2. The van der Waals surface area contributed by atoms with Crippen molar-refractivity contribution in [2.45, 2.75) is 35.9 Å². The van der Waals surface area contributed by atoms with E-state index in [9.17, 15) is 18.7 Å². The molecule has 2 N–H and O–H groups in total. The van der Waals surface area contributed by atoms with Crippen LogP contribution in [0.3, 0.4) is 0 Å². The van der Waals surface area contributed by atoms with Gasteiger partial charge in [-0.1, -0.05) is 77.9 Å². The molecule has 0 spiro atoms. The van der Waals surface area contributed by atoms with E-state index < -0.39 is 33.1 Å². The normalized spacial score (nSPS) is 17.3. The van der Waals surface area contributed by atoms with Crippen LogP contribution in [-0.2, 0) is 25.9 Å². The van der Waals surface area contributed by atoms with Crippen LogP contribution in [0, 0.1) is 0 Å². The van der Waals surface area contributed by atoms with Gasteiger partial charge < -0.3 is 19.9 Å². The Bertz CT molecular complexity index is 1830. The molecule has 1 aliphatic heterocycles. The molecule has 1 aliphatic rings. The van der Waals surface area contributed by atoms with E-state index in [0.29, 0.717) is 29.9 Å². The van der Waals surface area contributed by atoms with E-state index in [2.05, 4.69) is 15.3 Å². The average Bonchev–Trinajstić information content (AvgIpc) is 3.49. The summed E-state index contributed by atoms with van der Waals surface area (Å²) in [5.74, 6) is -0.260. The van der Waals surface area contributed by atoms with Gasteiger partial charge in [-0.2, -0.15) is 0 Å². The molecule has 236 valence electrons. The first-order valence-electron chi connectivity index (χ1n) is 14.7. The van der Waals surface area contributed by atoms with Gasteiger partial charge in [-0.3, -0.25) is 4.79 Å². The van der Waals surface area contributed by atoms with Crippen LogP contribution in [0.25, 0.3) is 10.4 Å². The first-order valence-corrected chi connectivity index (χ1v) is 16.4. The molecule has 12 heteroatoms. The van der Waals surface area contributed by atoms with E-state index in [1.165, 1.54) is 12.1 Å². The second-order valence-corrected chi connectivity index (χ2v) is 12.7. The number of aliphatic hydroxyl groups is 1.